The van der Waals surface area contributed by atoms with Crippen molar-refractivity contribution in [1.29, 1.82) is 0 Å². The summed E-state index contributed by atoms with van der Waals surface area (Å²) < 4.78 is 5.19. The van der Waals surface area contributed by atoms with E-state index in [-0.39, 0.29) is 11.9 Å². The average molecular weight is 356 g/mol. The van der Waals surface area contributed by atoms with Crippen LogP contribution >= 0.6 is 11.6 Å². The Bertz CT molecular complexity index is 550. The smallest absolute Gasteiger partial charge is 0.319 e. The molecule has 1 aromatic rings. The summed E-state index contributed by atoms with van der Waals surface area (Å²) in [6.07, 6.45) is 0.747. The van der Waals surface area contributed by atoms with Crippen LogP contribution in [0, 0.1) is 5.92 Å². The molecule has 0 unspecified atom stereocenters. The quantitative estimate of drug-likeness (QED) is 0.595. The first kappa shape index (κ1) is 20.3. The van der Waals surface area contributed by atoms with E-state index < -0.39 is 0 Å². The molecule has 0 aliphatic heterocycles. The zero-order valence-electron chi connectivity index (χ0n) is 14.4. The molecular formula is C17H26ClN3O3. The Balaban J connectivity index is 2.49. The minimum Gasteiger partial charge on any atom is -0.382 e. The molecule has 0 aliphatic rings. The number of halogens is 1. The number of ether oxygens (including phenoxy) is 1. The molecule has 0 aromatic heterocycles. The summed E-state index contributed by atoms with van der Waals surface area (Å²) in [5.41, 5.74) is 0.919. The fourth-order valence-corrected chi connectivity index (χ4v) is 2.13. The molecule has 134 valence electrons. The molecule has 0 aliphatic carbocycles. The lowest BCUT2D eigenvalue weighted by Crippen LogP contribution is -2.30. The number of nitrogens with one attached hydrogen (secondary N) is 3. The van der Waals surface area contributed by atoms with Crippen molar-refractivity contribution in [3.8, 4) is 0 Å². The summed E-state index contributed by atoms with van der Waals surface area (Å²) in [4.78, 5) is 23.8. The van der Waals surface area contributed by atoms with Crippen molar-refractivity contribution in [3.63, 3.8) is 0 Å². The van der Waals surface area contributed by atoms with Crippen molar-refractivity contribution in [2.24, 2.45) is 5.92 Å². The largest absolute Gasteiger partial charge is 0.382 e. The number of hydrogen-bond acceptors (Lipinski definition) is 3. The molecule has 1 rings (SSSR count). The van der Waals surface area contributed by atoms with Crippen molar-refractivity contribution in [3.05, 3.63) is 28.8 Å². The van der Waals surface area contributed by atoms with E-state index in [1.807, 2.05) is 20.8 Å². The first-order chi connectivity index (χ1) is 11.4. The van der Waals surface area contributed by atoms with Crippen LogP contribution in [0.5, 0.6) is 0 Å². The van der Waals surface area contributed by atoms with Gasteiger partial charge in [0.05, 0.1) is 10.6 Å². The monoisotopic (exact) mass is 355 g/mol. The van der Waals surface area contributed by atoms with Crippen LogP contribution in [0.25, 0.3) is 0 Å². The third-order valence-electron chi connectivity index (χ3n) is 3.10. The van der Waals surface area contributed by atoms with Gasteiger partial charge < -0.3 is 20.7 Å². The van der Waals surface area contributed by atoms with E-state index in [0.29, 0.717) is 48.5 Å². The Kier molecular flexibility index (Phi) is 9.19. The second-order valence-corrected chi connectivity index (χ2v) is 6.14. The fraction of sp³-hybridized carbons (Fsp3) is 0.529. The average Bonchev–Trinajstić information content (AvgIpc) is 2.52. The van der Waals surface area contributed by atoms with Crippen molar-refractivity contribution in [2.75, 3.05) is 31.6 Å². The van der Waals surface area contributed by atoms with Crippen molar-refractivity contribution >= 4 is 29.2 Å². The number of hydrogen-bond donors (Lipinski definition) is 3. The summed E-state index contributed by atoms with van der Waals surface area (Å²) in [5.74, 6) is 0.140. The predicted octanol–water partition coefficient (Wildman–Crippen LogP) is 3.27. The van der Waals surface area contributed by atoms with Crippen LogP contribution in [-0.4, -0.2) is 38.2 Å². The number of anilines is 1. The standard InChI is InChI=1S/C17H26ClN3O3/c1-4-24-9-5-8-19-17(23)21-13-6-7-14(15(18)10-13)16(22)20-11-12(2)3/h6-7,10,12H,4-5,8-9,11H2,1-3H3,(H,20,22)(H2,19,21,23). The Hall–Kier alpha value is -1.79. The van der Waals surface area contributed by atoms with Crippen LogP contribution in [0.4, 0.5) is 10.5 Å². The molecule has 6 nitrogen and oxygen atoms in total. The lowest BCUT2D eigenvalue weighted by molar-refractivity contribution is 0.0949. The van der Waals surface area contributed by atoms with Crippen LogP contribution in [0.1, 0.15) is 37.6 Å². The zero-order valence-corrected chi connectivity index (χ0v) is 15.2. The molecule has 1 aromatic carbocycles. The summed E-state index contributed by atoms with van der Waals surface area (Å²) in [6.45, 7) is 8.35. The van der Waals surface area contributed by atoms with Gasteiger partial charge in [0.15, 0.2) is 0 Å². The first-order valence-electron chi connectivity index (χ1n) is 8.14. The minimum absolute atomic E-state index is 0.222. The van der Waals surface area contributed by atoms with Crippen LogP contribution in [-0.2, 0) is 4.74 Å². The van der Waals surface area contributed by atoms with E-state index in [2.05, 4.69) is 16.0 Å². The number of amides is 3. The van der Waals surface area contributed by atoms with Gasteiger partial charge in [-0.2, -0.15) is 0 Å². The lowest BCUT2D eigenvalue weighted by Gasteiger charge is -2.11. The number of benzene rings is 1. The third kappa shape index (κ3) is 7.66. The molecule has 0 saturated carbocycles. The van der Waals surface area contributed by atoms with Gasteiger partial charge in [0, 0.05) is 32.0 Å². The molecule has 0 atom stereocenters. The minimum atomic E-state index is -0.320. The second-order valence-electron chi connectivity index (χ2n) is 5.73. The van der Waals surface area contributed by atoms with E-state index in [9.17, 15) is 9.59 Å². The summed E-state index contributed by atoms with van der Waals surface area (Å²) in [6, 6.07) is 4.49. The highest BCUT2D eigenvalue weighted by Crippen LogP contribution is 2.21. The molecular weight excluding hydrogens is 330 g/mol. The van der Waals surface area contributed by atoms with E-state index in [0.717, 1.165) is 6.42 Å². The molecule has 24 heavy (non-hydrogen) atoms. The van der Waals surface area contributed by atoms with Gasteiger partial charge in [0.2, 0.25) is 0 Å². The van der Waals surface area contributed by atoms with Crippen LogP contribution < -0.4 is 16.0 Å². The Morgan fingerprint density at radius 3 is 2.62 bits per heavy atom. The number of carbonyl (C=O) groups excluding carboxylic acids is 2. The number of urea groups is 1. The topological polar surface area (TPSA) is 79.5 Å². The van der Waals surface area contributed by atoms with Gasteiger partial charge >= 0.3 is 6.03 Å². The molecule has 3 N–H and O–H groups in total. The number of rotatable bonds is 9. The summed E-state index contributed by atoms with van der Waals surface area (Å²) in [7, 11) is 0. The zero-order chi connectivity index (χ0) is 17.9. The second kappa shape index (κ2) is 10.9. The molecule has 0 radical (unpaired) electrons. The van der Waals surface area contributed by atoms with Gasteiger partial charge in [0.1, 0.15) is 0 Å². The van der Waals surface area contributed by atoms with Gasteiger partial charge in [-0.05, 0) is 37.5 Å². The maximum atomic E-state index is 12.0. The summed E-state index contributed by atoms with van der Waals surface area (Å²) in [5, 5.41) is 8.52. The van der Waals surface area contributed by atoms with E-state index >= 15 is 0 Å². The van der Waals surface area contributed by atoms with Gasteiger partial charge in [-0.1, -0.05) is 25.4 Å². The van der Waals surface area contributed by atoms with Gasteiger partial charge in [-0.15, -0.1) is 0 Å². The molecule has 0 saturated heterocycles. The van der Waals surface area contributed by atoms with E-state index in [1.54, 1.807) is 18.2 Å². The Labute approximate surface area is 148 Å². The normalized spacial score (nSPS) is 10.5. The maximum Gasteiger partial charge on any atom is 0.319 e. The van der Waals surface area contributed by atoms with Gasteiger partial charge in [0.25, 0.3) is 5.91 Å². The molecule has 0 fully saturated rings. The lowest BCUT2D eigenvalue weighted by atomic mass is 10.1. The first-order valence-corrected chi connectivity index (χ1v) is 8.52. The predicted molar refractivity (Wildman–Crippen MR) is 96.8 cm³/mol. The van der Waals surface area contributed by atoms with E-state index in [4.69, 9.17) is 16.3 Å². The third-order valence-corrected chi connectivity index (χ3v) is 3.41. The van der Waals surface area contributed by atoms with Crippen molar-refractivity contribution < 1.29 is 14.3 Å². The van der Waals surface area contributed by atoms with Crippen molar-refractivity contribution in [1.82, 2.24) is 10.6 Å². The number of carbonyl (C=O) groups is 2. The molecule has 0 bridgehead atoms. The molecule has 0 heterocycles. The summed E-state index contributed by atoms with van der Waals surface area (Å²) >= 11 is 6.14. The highest BCUT2D eigenvalue weighted by atomic mass is 35.5. The van der Waals surface area contributed by atoms with Crippen LogP contribution in [0.3, 0.4) is 0 Å². The fourth-order valence-electron chi connectivity index (χ4n) is 1.86. The SMILES string of the molecule is CCOCCCNC(=O)Nc1ccc(C(=O)NCC(C)C)c(Cl)c1. The van der Waals surface area contributed by atoms with Crippen molar-refractivity contribution in [2.45, 2.75) is 27.2 Å². The molecule has 7 heteroatoms. The van der Waals surface area contributed by atoms with E-state index in [1.165, 1.54) is 0 Å². The maximum absolute atomic E-state index is 12.0. The van der Waals surface area contributed by atoms with Gasteiger partial charge in [-0.3, -0.25) is 4.79 Å². The Morgan fingerprint density at radius 1 is 1.25 bits per heavy atom. The highest BCUT2D eigenvalue weighted by molar-refractivity contribution is 6.34. The van der Waals surface area contributed by atoms with Crippen LogP contribution in [0.15, 0.2) is 18.2 Å². The Morgan fingerprint density at radius 2 is 2.00 bits per heavy atom. The van der Waals surface area contributed by atoms with Gasteiger partial charge in [-0.25, -0.2) is 4.79 Å². The molecule has 3 amide bonds. The van der Waals surface area contributed by atoms with Crippen LogP contribution in [0.2, 0.25) is 5.02 Å². The molecule has 0 spiro atoms. The highest BCUT2D eigenvalue weighted by Gasteiger charge is 2.12.